The summed E-state index contributed by atoms with van der Waals surface area (Å²) >= 11 is 0. The molecule has 2 aliphatic rings. The molecule has 0 aromatic carbocycles. The lowest BCUT2D eigenvalue weighted by molar-refractivity contribution is 0.0985. The van der Waals surface area contributed by atoms with Gasteiger partial charge in [-0.15, -0.1) is 0 Å². The number of ether oxygens (including phenoxy) is 1. The minimum atomic E-state index is 0.740. The van der Waals surface area contributed by atoms with Crippen LogP contribution in [-0.2, 0) is 4.74 Å². The summed E-state index contributed by atoms with van der Waals surface area (Å²) < 4.78 is 5.68. The van der Waals surface area contributed by atoms with Crippen LogP contribution in [0.2, 0.25) is 0 Å². The van der Waals surface area contributed by atoms with Crippen molar-refractivity contribution in [2.24, 2.45) is 17.8 Å². The first-order valence-electron chi connectivity index (χ1n) is 6.08. The van der Waals surface area contributed by atoms with Crippen LogP contribution in [0.3, 0.4) is 0 Å². The summed E-state index contributed by atoms with van der Waals surface area (Å²) in [5.74, 6) is 2.61. The second-order valence-corrected chi connectivity index (χ2v) is 5.23. The Bertz CT molecular complexity index is 277. The highest BCUT2D eigenvalue weighted by atomic mass is 16.5. The third-order valence-corrected chi connectivity index (χ3v) is 3.91. The van der Waals surface area contributed by atoms with Gasteiger partial charge >= 0.3 is 0 Å². The Morgan fingerprint density at radius 1 is 1.53 bits per heavy atom. The predicted octanol–water partition coefficient (Wildman–Crippen LogP) is 3.57. The van der Waals surface area contributed by atoms with E-state index in [-0.39, 0.29) is 0 Å². The second-order valence-electron chi connectivity index (χ2n) is 5.23. The largest absolute Gasteiger partial charge is 0.377 e. The molecule has 0 aromatic rings. The summed E-state index contributed by atoms with van der Waals surface area (Å²) in [4.78, 5) is 0. The van der Waals surface area contributed by atoms with Crippen LogP contribution in [0.5, 0.6) is 0 Å². The van der Waals surface area contributed by atoms with Crippen molar-refractivity contribution in [3.63, 3.8) is 0 Å². The van der Waals surface area contributed by atoms with Crippen LogP contribution < -0.4 is 0 Å². The molecular weight excluding hydrogens is 184 g/mol. The Morgan fingerprint density at radius 3 is 2.87 bits per heavy atom. The minimum absolute atomic E-state index is 0.740. The monoisotopic (exact) mass is 206 g/mol. The topological polar surface area (TPSA) is 9.23 Å². The van der Waals surface area contributed by atoms with Crippen molar-refractivity contribution in [2.75, 3.05) is 13.2 Å². The molecule has 2 saturated carbocycles. The molecule has 1 nitrogen and oxygen atoms in total. The lowest BCUT2D eigenvalue weighted by Gasteiger charge is -2.23. The normalized spacial score (nSPS) is 36.4. The summed E-state index contributed by atoms with van der Waals surface area (Å²) in [6.45, 7) is 9.76. The van der Waals surface area contributed by atoms with Crippen LogP contribution in [0.15, 0.2) is 23.8 Å². The predicted molar refractivity (Wildman–Crippen MR) is 63.7 cm³/mol. The number of fused-ring (bicyclic) bond motifs is 2. The van der Waals surface area contributed by atoms with E-state index in [2.05, 4.69) is 19.6 Å². The van der Waals surface area contributed by atoms with E-state index in [1.54, 1.807) is 5.57 Å². The fourth-order valence-electron chi connectivity index (χ4n) is 3.18. The maximum absolute atomic E-state index is 5.68. The van der Waals surface area contributed by atoms with Crippen LogP contribution in [0, 0.1) is 17.8 Å². The molecule has 0 aliphatic heterocycles. The SMILES string of the molecule is C=C(C)COCC1CC2CC1C/C2=C\C. The molecule has 84 valence electrons. The lowest BCUT2D eigenvalue weighted by atomic mass is 9.86. The van der Waals surface area contributed by atoms with Gasteiger partial charge in [0.05, 0.1) is 13.2 Å². The third-order valence-electron chi connectivity index (χ3n) is 3.91. The molecule has 2 rings (SSSR count). The first kappa shape index (κ1) is 10.9. The van der Waals surface area contributed by atoms with Crippen molar-refractivity contribution in [2.45, 2.75) is 33.1 Å². The van der Waals surface area contributed by atoms with Crippen LogP contribution in [0.25, 0.3) is 0 Å². The Kier molecular flexibility index (Phi) is 3.30. The van der Waals surface area contributed by atoms with Crippen LogP contribution in [-0.4, -0.2) is 13.2 Å². The summed E-state index contributed by atoms with van der Waals surface area (Å²) in [6, 6.07) is 0. The first-order chi connectivity index (χ1) is 7.20. The van der Waals surface area contributed by atoms with Crippen molar-refractivity contribution < 1.29 is 4.74 Å². The van der Waals surface area contributed by atoms with Gasteiger partial charge in [0.15, 0.2) is 0 Å². The number of hydrogen-bond donors (Lipinski definition) is 0. The third kappa shape index (κ3) is 2.34. The van der Waals surface area contributed by atoms with E-state index in [9.17, 15) is 0 Å². The maximum atomic E-state index is 5.68. The van der Waals surface area contributed by atoms with Crippen molar-refractivity contribution in [3.05, 3.63) is 23.8 Å². The van der Waals surface area contributed by atoms with Crippen molar-refractivity contribution >= 4 is 0 Å². The number of hydrogen-bond acceptors (Lipinski definition) is 1. The number of rotatable bonds is 4. The average Bonchev–Trinajstić information content (AvgIpc) is 2.75. The Hall–Kier alpha value is -0.560. The Morgan fingerprint density at radius 2 is 2.33 bits per heavy atom. The molecule has 0 radical (unpaired) electrons. The van der Waals surface area contributed by atoms with Gasteiger partial charge in [0.1, 0.15) is 0 Å². The average molecular weight is 206 g/mol. The highest BCUT2D eigenvalue weighted by Gasteiger charge is 2.41. The molecule has 0 amide bonds. The zero-order valence-corrected chi connectivity index (χ0v) is 9.96. The van der Waals surface area contributed by atoms with Gasteiger partial charge in [0.2, 0.25) is 0 Å². The molecule has 3 unspecified atom stereocenters. The van der Waals surface area contributed by atoms with Gasteiger partial charge in [-0.05, 0) is 50.9 Å². The van der Waals surface area contributed by atoms with Gasteiger partial charge in [-0.25, -0.2) is 0 Å². The van der Waals surface area contributed by atoms with Crippen LogP contribution in [0.1, 0.15) is 33.1 Å². The van der Waals surface area contributed by atoms with Gasteiger partial charge in [-0.1, -0.05) is 23.8 Å². The zero-order chi connectivity index (χ0) is 10.8. The lowest BCUT2D eigenvalue weighted by Crippen LogP contribution is -2.18. The summed E-state index contributed by atoms with van der Waals surface area (Å²) in [7, 11) is 0. The molecule has 0 saturated heterocycles. The molecule has 0 heterocycles. The first-order valence-corrected chi connectivity index (χ1v) is 6.08. The Labute approximate surface area is 93.2 Å². The molecule has 0 N–H and O–H groups in total. The quantitative estimate of drug-likeness (QED) is 0.639. The molecular formula is C14H22O. The minimum Gasteiger partial charge on any atom is -0.377 e. The van der Waals surface area contributed by atoms with Crippen molar-refractivity contribution in [3.8, 4) is 0 Å². The zero-order valence-electron chi connectivity index (χ0n) is 9.96. The fraction of sp³-hybridized carbons (Fsp3) is 0.714. The van der Waals surface area contributed by atoms with E-state index >= 15 is 0 Å². The van der Waals surface area contributed by atoms with E-state index in [0.717, 1.165) is 36.5 Å². The fourth-order valence-corrected chi connectivity index (χ4v) is 3.18. The van der Waals surface area contributed by atoms with Gasteiger partial charge in [0, 0.05) is 0 Å². The van der Waals surface area contributed by atoms with E-state index in [4.69, 9.17) is 4.74 Å². The molecule has 2 aliphatic carbocycles. The van der Waals surface area contributed by atoms with E-state index in [0.29, 0.717) is 0 Å². The van der Waals surface area contributed by atoms with E-state index in [1.807, 2.05) is 6.92 Å². The molecule has 3 atom stereocenters. The smallest absolute Gasteiger partial charge is 0.0671 e. The molecule has 0 aromatic heterocycles. The van der Waals surface area contributed by atoms with Crippen LogP contribution in [0.4, 0.5) is 0 Å². The summed E-state index contributed by atoms with van der Waals surface area (Å²) in [5, 5.41) is 0. The second kappa shape index (κ2) is 4.52. The van der Waals surface area contributed by atoms with Gasteiger partial charge in [-0.2, -0.15) is 0 Å². The molecule has 1 heteroatoms. The molecule has 2 fully saturated rings. The highest BCUT2D eigenvalue weighted by Crippen LogP contribution is 2.51. The number of allylic oxidation sites excluding steroid dienone is 2. The van der Waals surface area contributed by atoms with E-state index in [1.165, 1.54) is 19.3 Å². The molecule has 15 heavy (non-hydrogen) atoms. The van der Waals surface area contributed by atoms with Crippen LogP contribution >= 0.6 is 0 Å². The van der Waals surface area contributed by atoms with Gasteiger partial charge in [-0.3, -0.25) is 0 Å². The van der Waals surface area contributed by atoms with Gasteiger partial charge in [0.25, 0.3) is 0 Å². The summed E-state index contributed by atoms with van der Waals surface area (Å²) in [6.07, 6.45) is 6.44. The van der Waals surface area contributed by atoms with Gasteiger partial charge < -0.3 is 4.74 Å². The summed E-state index contributed by atoms with van der Waals surface area (Å²) in [5.41, 5.74) is 2.84. The Balaban J connectivity index is 1.77. The molecule has 0 spiro atoms. The highest BCUT2D eigenvalue weighted by molar-refractivity contribution is 5.17. The maximum Gasteiger partial charge on any atom is 0.0671 e. The molecule has 2 bridgehead atoms. The van der Waals surface area contributed by atoms with Crippen molar-refractivity contribution in [1.82, 2.24) is 0 Å². The standard InChI is InChI=1S/C14H22O/c1-4-11-5-13-6-12(11)7-14(13)9-15-8-10(2)3/h4,12-14H,2,5-9H2,1,3H3/b11-4+. The van der Waals surface area contributed by atoms with E-state index < -0.39 is 0 Å². The van der Waals surface area contributed by atoms with Crippen molar-refractivity contribution in [1.29, 1.82) is 0 Å².